The number of carbonyl (C=O) groups is 3. The summed E-state index contributed by atoms with van der Waals surface area (Å²) < 4.78 is 0. The van der Waals surface area contributed by atoms with Crippen molar-refractivity contribution < 1.29 is 236 Å². The second-order valence-corrected chi connectivity index (χ2v) is 3.76. The molecule has 0 bridgehead atoms. The van der Waals surface area contributed by atoms with Crippen LogP contribution in [0.5, 0.6) is 0 Å². The quantitative estimate of drug-likeness (QED) is 0.324. The molecule has 0 spiro atoms. The third-order valence-corrected chi connectivity index (χ3v) is 2.68. The average Bonchev–Trinajstić information content (AvgIpc) is 2.35. The van der Waals surface area contributed by atoms with Crippen molar-refractivity contribution in [1.29, 1.82) is 0 Å². The van der Waals surface area contributed by atoms with E-state index in [1.54, 1.807) is 6.07 Å². The predicted octanol–water partition coefficient (Wildman–Crippen LogP) is -11.1. The zero-order valence-corrected chi connectivity index (χ0v) is 31.2. The van der Waals surface area contributed by atoms with Crippen LogP contribution in [0, 0.1) is 0 Å². The summed E-state index contributed by atoms with van der Waals surface area (Å²) in [6.07, 6.45) is 0. The Balaban J connectivity index is 0. The van der Waals surface area contributed by atoms with Crippen molar-refractivity contribution in [3.8, 4) is 0 Å². The van der Waals surface area contributed by atoms with Crippen LogP contribution < -0.4 is 222 Å². The van der Waals surface area contributed by atoms with Gasteiger partial charge in [0.25, 0.3) is 0 Å². The van der Waals surface area contributed by atoms with E-state index in [9.17, 15) is 29.7 Å². The molecule has 2 aromatic carbocycles. The standard InChI is InChI=1S/C13H8O6.3Cs/c14-11(15)8-5-6-3-1-2-4-7(6)9(12(16)17)10(8)13(18)19;;;/h1-5H,(H,14,15)(H,16,17)(H,18,19);;;/q;3*+1/p-3. The van der Waals surface area contributed by atoms with Gasteiger partial charge >= 0.3 is 207 Å². The van der Waals surface area contributed by atoms with Crippen LogP contribution in [0.3, 0.4) is 0 Å². The van der Waals surface area contributed by atoms with Gasteiger partial charge in [0, 0.05) is 16.7 Å². The van der Waals surface area contributed by atoms with Gasteiger partial charge in [0.15, 0.2) is 0 Å². The Kier molecular flexibility index (Phi) is 15.8. The summed E-state index contributed by atoms with van der Waals surface area (Å²) in [5.41, 5.74) is -2.42. The number of aromatic carboxylic acids is 3. The number of carboxylic acid groups (broad SMARTS) is 3. The molecule has 0 aliphatic heterocycles. The molecule has 2 aromatic rings. The van der Waals surface area contributed by atoms with Crippen LogP contribution in [0.4, 0.5) is 0 Å². The summed E-state index contributed by atoms with van der Waals surface area (Å²) in [4.78, 5) is 33.0. The second kappa shape index (κ2) is 12.6. The minimum Gasteiger partial charge on any atom is -0.545 e. The fourth-order valence-electron chi connectivity index (χ4n) is 1.93. The average molecular weight is 656 g/mol. The molecule has 0 aliphatic carbocycles. The van der Waals surface area contributed by atoms with Crippen LogP contribution in [0.25, 0.3) is 10.8 Å². The van der Waals surface area contributed by atoms with Crippen molar-refractivity contribution >= 4 is 28.7 Å². The van der Waals surface area contributed by atoms with E-state index in [1.165, 1.54) is 18.2 Å². The van der Waals surface area contributed by atoms with Crippen LogP contribution in [0.2, 0.25) is 0 Å². The Morgan fingerprint density at radius 1 is 0.727 bits per heavy atom. The Morgan fingerprint density at radius 2 is 1.23 bits per heavy atom. The molecule has 0 saturated heterocycles. The molecule has 0 N–H and O–H groups in total. The van der Waals surface area contributed by atoms with E-state index in [0.29, 0.717) is 0 Å². The van der Waals surface area contributed by atoms with E-state index in [0.717, 1.165) is 6.07 Å². The number of fused-ring (bicyclic) bond motifs is 1. The van der Waals surface area contributed by atoms with Crippen LogP contribution in [0.1, 0.15) is 31.1 Å². The monoisotopic (exact) mass is 656 g/mol. The van der Waals surface area contributed by atoms with Gasteiger partial charge in [-0.3, -0.25) is 0 Å². The minimum absolute atomic E-state index is 0. The van der Waals surface area contributed by atoms with E-state index in [-0.39, 0.29) is 217 Å². The molecule has 9 heteroatoms. The smallest absolute Gasteiger partial charge is 0.545 e. The van der Waals surface area contributed by atoms with Crippen molar-refractivity contribution in [2.45, 2.75) is 0 Å². The summed E-state index contributed by atoms with van der Waals surface area (Å²) in [7, 11) is 0. The molecule has 0 aliphatic rings. The number of benzene rings is 2. The largest absolute Gasteiger partial charge is 1.00 e. The van der Waals surface area contributed by atoms with Crippen molar-refractivity contribution in [2.75, 3.05) is 0 Å². The molecule has 96 valence electrons. The first-order chi connectivity index (χ1) is 8.93. The third kappa shape index (κ3) is 6.46. The van der Waals surface area contributed by atoms with E-state index in [4.69, 9.17) is 0 Å². The number of carboxylic acids is 3. The van der Waals surface area contributed by atoms with Crippen LogP contribution in [0.15, 0.2) is 30.3 Å². The molecule has 0 aromatic heterocycles. The van der Waals surface area contributed by atoms with Crippen molar-refractivity contribution in [3.05, 3.63) is 47.0 Å². The first-order valence-corrected chi connectivity index (χ1v) is 5.13. The van der Waals surface area contributed by atoms with Crippen molar-refractivity contribution in [3.63, 3.8) is 0 Å². The molecule has 0 heterocycles. The number of carbonyl (C=O) groups excluding carboxylic acids is 3. The summed E-state index contributed by atoms with van der Waals surface area (Å²) >= 11 is 0. The van der Waals surface area contributed by atoms with Gasteiger partial charge in [-0.25, -0.2) is 0 Å². The van der Waals surface area contributed by atoms with E-state index in [2.05, 4.69) is 0 Å². The van der Waals surface area contributed by atoms with Crippen LogP contribution in [-0.4, -0.2) is 17.9 Å². The summed E-state index contributed by atoms with van der Waals surface area (Å²) in [6.45, 7) is 0. The second-order valence-electron chi connectivity index (χ2n) is 3.76. The molecule has 6 nitrogen and oxygen atoms in total. The van der Waals surface area contributed by atoms with E-state index < -0.39 is 34.6 Å². The Hall–Kier alpha value is 3.27. The first kappa shape index (κ1) is 27.5. The van der Waals surface area contributed by atoms with Gasteiger partial charge in [-0.2, -0.15) is 0 Å². The van der Waals surface area contributed by atoms with Gasteiger partial charge in [0.05, 0.1) is 17.9 Å². The van der Waals surface area contributed by atoms with Gasteiger partial charge in [0.2, 0.25) is 0 Å². The van der Waals surface area contributed by atoms with E-state index >= 15 is 0 Å². The Labute approximate surface area is 302 Å². The maximum atomic E-state index is 11.1. The third-order valence-electron chi connectivity index (χ3n) is 2.68. The fourth-order valence-corrected chi connectivity index (χ4v) is 1.93. The van der Waals surface area contributed by atoms with Gasteiger partial charge < -0.3 is 29.7 Å². The molecule has 0 unspecified atom stereocenters. The summed E-state index contributed by atoms with van der Waals surface area (Å²) in [6, 6.07) is 6.88. The van der Waals surface area contributed by atoms with Gasteiger partial charge in [-0.05, 0) is 16.8 Å². The van der Waals surface area contributed by atoms with Crippen molar-refractivity contribution in [2.24, 2.45) is 0 Å². The Morgan fingerprint density at radius 3 is 1.68 bits per heavy atom. The molecular formula is C13H5Cs3O6. The van der Waals surface area contributed by atoms with Gasteiger partial charge in [-0.1, -0.05) is 24.3 Å². The molecule has 0 saturated carbocycles. The SMILES string of the molecule is O=C([O-])c1cc2ccccc2c(C(=O)[O-])c1C(=O)[O-].[Cs+].[Cs+].[Cs+]. The molecule has 0 amide bonds. The van der Waals surface area contributed by atoms with Gasteiger partial charge in [0.1, 0.15) is 0 Å². The first-order valence-electron chi connectivity index (χ1n) is 5.13. The summed E-state index contributed by atoms with van der Waals surface area (Å²) in [5, 5.41) is 33.3. The molecule has 0 radical (unpaired) electrons. The molecule has 0 atom stereocenters. The summed E-state index contributed by atoms with van der Waals surface area (Å²) in [5.74, 6) is -5.50. The zero-order chi connectivity index (χ0) is 14.2. The molecular weight excluding hydrogens is 651 g/mol. The van der Waals surface area contributed by atoms with Crippen LogP contribution in [-0.2, 0) is 0 Å². The molecule has 0 fully saturated rings. The molecule has 22 heavy (non-hydrogen) atoms. The van der Waals surface area contributed by atoms with Crippen LogP contribution >= 0.6 is 0 Å². The normalized spacial score (nSPS) is 8.91. The number of hydrogen-bond donors (Lipinski definition) is 0. The van der Waals surface area contributed by atoms with Gasteiger partial charge in [-0.15, -0.1) is 0 Å². The number of rotatable bonds is 3. The van der Waals surface area contributed by atoms with Crippen molar-refractivity contribution in [1.82, 2.24) is 0 Å². The maximum Gasteiger partial charge on any atom is 1.00 e. The fraction of sp³-hybridized carbons (Fsp3) is 0. The topological polar surface area (TPSA) is 120 Å². The predicted molar refractivity (Wildman–Crippen MR) is 56.9 cm³/mol. The number of hydrogen-bond acceptors (Lipinski definition) is 6. The maximum absolute atomic E-state index is 11.1. The molecule has 2 rings (SSSR count). The Bertz CT molecular complexity index is 729. The minimum atomic E-state index is -1.91. The zero-order valence-electron chi connectivity index (χ0n) is 12.3. The van der Waals surface area contributed by atoms with E-state index in [1.807, 2.05) is 0 Å².